The molecule has 0 radical (unpaired) electrons. The Morgan fingerprint density at radius 2 is 2.08 bits per heavy atom. The first kappa shape index (κ1) is 16.5. The van der Waals surface area contributed by atoms with Gasteiger partial charge in [0.15, 0.2) is 4.34 Å². The Kier molecular flexibility index (Phi) is 5.50. The lowest BCUT2D eigenvalue weighted by Gasteiger charge is -2.10. The molecular weight excluding hydrogens is 344 g/mol. The number of carbonyl (C=O) groups excluding carboxylic acids is 1. The maximum absolute atomic E-state index is 12.0. The standard InChI is InChI=1S/C16H16N4O2S2/c1-11(13-8-5-9-22-13)17-14(21)10-23-16-20-19-15(24-16)18-12-6-3-2-4-7-12/h2-9,11H,10H2,1H3,(H,17,21)(H,18,19). The van der Waals surface area contributed by atoms with Gasteiger partial charge < -0.3 is 15.1 Å². The molecule has 0 aliphatic rings. The molecule has 2 N–H and O–H groups in total. The third-order valence-electron chi connectivity index (χ3n) is 3.11. The lowest BCUT2D eigenvalue weighted by Crippen LogP contribution is -2.27. The highest BCUT2D eigenvalue weighted by Crippen LogP contribution is 2.27. The second-order valence-corrected chi connectivity index (χ2v) is 7.16. The molecule has 24 heavy (non-hydrogen) atoms. The Balaban J connectivity index is 1.47. The number of hydrogen-bond acceptors (Lipinski definition) is 7. The van der Waals surface area contributed by atoms with Gasteiger partial charge in [-0.15, -0.1) is 10.2 Å². The summed E-state index contributed by atoms with van der Waals surface area (Å²) in [5.41, 5.74) is 0.954. The predicted octanol–water partition coefficient (Wildman–Crippen LogP) is 3.84. The zero-order valence-corrected chi connectivity index (χ0v) is 14.6. The minimum atomic E-state index is -0.155. The van der Waals surface area contributed by atoms with Gasteiger partial charge in [0.1, 0.15) is 5.76 Å². The van der Waals surface area contributed by atoms with Crippen molar-refractivity contribution in [2.75, 3.05) is 11.1 Å². The van der Waals surface area contributed by atoms with Crippen molar-refractivity contribution in [3.63, 3.8) is 0 Å². The summed E-state index contributed by atoms with van der Waals surface area (Å²) in [5.74, 6) is 0.945. The average molecular weight is 360 g/mol. The normalized spacial score (nSPS) is 11.9. The highest BCUT2D eigenvalue weighted by atomic mass is 32.2. The highest BCUT2D eigenvalue weighted by molar-refractivity contribution is 8.01. The number of aromatic nitrogens is 2. The molecule has 2 heterocycles. The van der Waals surface area contributed by atoms with Gasteiger partial charge in [0.2, 0.25) is 11.0 Å². The van der Waals surface area contributed by atoms with Crippen molar-refractivity contribution in [3.8, 4) is 0 Å². The van der Waals surface area contributed by atoms with Crippen molar-refractivity contribution in [1.82, 2.24) is 15.5 Å². The van der Waals surface area contributed by atoms with Gasteiger partial charge in [-0.25, -0.2) is 0 Å². The van der Waals surface area contributed by atoms with E-state index in [4.69, 9.17) is 4.42 Å². The maximum atomic E-state index is 12.0. The molecule has 1 atom stereocenters. The van der Waals surface area contributed by atoms with E-state index in [1.165, 1.54) is 23.1 Å². The molecule has 1 aromatic carbocycles. The fourth-order valence-corrected chi connectivity index (χ4v) is 3.57. The first-order valence-electron chi connectivity index (χ1n) is 7.32. The molecule has 124 valence electrons. The number of benzene rings is 1. The van der Waals surface area contributed by atoms with Crippen LogP contribution in [0.3, 0.4) is 0 Å². The molecule has 0 aliphatic heterocycles. The minimum Gasteiger partial charge on any atom is -0.467 e. The lowest BCUT2D eigenvalue weighted by molar-refractivity contribution is -0.119. The largest absolute Gasteiger partial charge is 0.467 e. The van der Waals surface area contributed by atoms with E-state index < -0.39 is 0 Å². The van der Waals surface area contributed by atoms with E-state index in [9.17, 15) is 4.79 Å². The third-order valence-corrected chi connectivity index (χ3v) is 5.08. The first-order valence-corrected chi connectivity index (χ1v) is 9.12. The van der Waals surface area contributed by atoms with Crippen LogP contribution in [-0.4, -0.2) is 21.9 Å². The van der Waals surface area contributed by atoms with Crippen molar-refractivity contribution >= 4 is 39.8 Å². The molecule has 2 aromatic heterocycles. The van der Waals surface area contributed by atoms with Gasteiger partial charge in [-0.05, 0) is 31.2 Å². The van der Waals surface area contributed by atoms with Crippen LogP contribution in [0.2, 0.25) is 0 Å². The zero-order chi connectivity index (χ0) is 16.8. The van der Waals surface area contributed by atoms with Gasteiger partial charge in [0.25, 0.3) is 0 Å². The quantitative estimate of drug-likeness (QED) is 0.623. The molecule has 3 rings (SSSR count). The van der Waals surface area contributed by atoms with Crippen LogP contribution in [-0.2, 0) is 4.79 Å². The summed E-state index contributed by atoms with van der Waals surface area (Å²) in [4.78, 5) is 12.0. The van der Waals surface area contributed by atoms with Gasteiger partial charge in [-0.2, -0.15) is 0 Å². The molecule has 0 saturated heterocycles. The summed E-state index contributed by atoms with van der Waals surface area (Å²) in [6.45, 7) is 1.88. The van der Waals surface area contributed by atoms with Crippen molar-refractivity contribution in [3.05, 3.63) is 54.5 Å². The van der Waals surface area contributed by atoms with Crippen LogP contribution >= 0.6 is 23.1 Å². The number of para-hydroxylation sites is 1. The molecule has 0 spiro atoms. The van der Waals surface area contributed by atoms with Gasteiger partial charge >= 0.3 is 0 Å². The highest BCUT2D eigenvalue weighted by Gasteiger charge is 2.13. The van der Waals surface area contributed by atoms with Crippen molar-refractivity contribution in [1.29, 1.82) is 0 Å². The number of amides is 1. The monoisotopic (exact) mass is 360 g/mol. The molecule has 0 saturated carbocycles. The summed E-state index contributed by atoms with van der Waals surface area (Å²) >= 11 is 2.78. The maximum Gasteiger partial charge on any atom is 0.231 e. The number of hydrogen-bond donors (Lipinski definition) is 2. The van der Waals surface area contributed by atoms with Crippen LogP contribution in [0.4, 0.5) is 10.8 Å². The Hall–Kier alpha value is -2.32. The summed E-state index contributed by atoms with van der Waals surface area (Å²) in [7, 11) is 0. The fourth-order valence-electron chi connectivity index (χ4n) is 1.98. The molecule has 0 aliphatic carbocycles. The SMILES string of the molecule is CC(NC(=O)CSc1nnc(Nc2ccccc2)s1)c1ccco1. The molecule has 1 unspecified atom stereocenters. The van der Waals surface area contributed by atoms with Crippen LogP contribution in [0.15, 0.2) is 57.5 Å². The second-order valence-electron chi connectivity index (χ2n) is 4.96. The van der Waals surface area contributed by atoms with E-state index in [1.54, 1.807) is 12.3 Å². The van der Waals surface area contributed by atoms with E-state index in [0.717, 1.165) is 15.8 Å². The summed E-state index contributed by atoms with van der Waals surface area (Å²) in [5, 5.41) is 14.9. The first-order chi connectivity index (χ1) is 11.7. The van der Waals surface area contributed by atoms with Crippen molar-refractivity contribution < 1.29 is 9.21 Å². The molecule has 8 heteroatoms. The third kappa shape index (κ3) is 4.59. The number of thioether (sulfide) groups is 1. The van der Waals surface area contributed by atoms with Gasteiger partial charge in [-0.3, -0.25) is 4.79 Å². The van der Waals surface area contributed by atoms with E-state index >= 15 is 0 Å². The van der Waals surface area contributed by atoms with Crippen molar-refractivity contribution in [2.24, 2.45) is 0 Å². The van der Waals surface area contributed by atoms with Crippen LogP contribution in [0, 0.1) is 0 Å². The van der Waals surface area contributed by atoms with E-state index in [0.29, 0.717) is 5.13 Å². The van der Waals surface area contributed by atoms with Gasteiger partial charge in [-0.1, -0.05) is 41.3 Å². The van der Waals surface area contributed by atoms with E-state index in [1.807, 2.05) is 43.3 Å². The van der Waals surface area contributed by atoms with E-state index in [-0.39, 0.29) is 17.7 Å². The summed E-state index contributed by atoms with van der Waals surface area (Å²) in [6, 6.07) is 13.2. The number of carbonyl (C=O) groups is 1. The number of furan rings is 1. The number of nitrogens with one attached hydrogen (secondary N) is 2. The Morgan fingerprint density at radius 3 is 2.83 bits per heavy atom. The fraction of sp³-hybridized carbons (Fsp3) is 0.188. The Bertz CT molecular complexity index is 774. The molecule has 6 nitrogen and oxygen atoms in total. The van der Waals surface area contributed by atoms with Crippen LogP contribution in [0.5, 0.6) is 0 Å². The minimum absolute atomic E-state index is 0.0725. The second kappa shape index (κ2) is 7.98. The Morgan fingerprint density at radius 1 is 1.25 bits per heavy atom. The summed E-state index contributed by atoms with van der Waals surface area (Å²) < 4.78 is 6.01. The van der Waals surface area contributed by atoms with E-state index in [2.05, 4.69) is 20.8 Å². The topological polar surface area (TPSA) is 80.0 Å². The molecule has 1 amide bonds. The average Bonchev–Trinajstić information content (AvgIpc) is 3.26. The predicted molar refractivity (Wildman–Crippen MR) is 95.6 cm³/mol. The lowest BCUT2D eigenvalue weighted by atomic mass is 10.2. The smallest absolute Gasteiger partial charge is 0.231 e. The van der Waals surface area contributed by atoms with Crippen LogP contribution < -0.4 is 10.6 Å². The van der Waals surface area contributed by atoms with Crippen LogP contribution in [0.25, 0.3) is 0 Å². The molecule has 3 aromatic rings. The Labute approximate surface area is 147 Å². The van der Waals surface area contributed by atoms with Gasteiger partial charge in [0.05, 0.1) is 18.1 Å². The number of nitrogens with zero attached hydrogens (tertiary/aromatic N) is 2. The molecule has 0 bridgehead atoms. The van der Waals surface area contributed by atoms with Gasteiger partial charge in [0, 0.05) is 5.69 Å². The summed E-state index contributed by atoms with van der Waals surface area (Å²) in [6.07, 6.45) is 1.59. The van der Waals surface area contributed by atoms with Crippen molar-refractivity contribution in [2.45, 2.75) is 17.3 Å². The molecular formula is C16H16N4O2S2. The molecule has 0 fully saturated rings. The number of anilines is 2. The number of rotatable bonds is 7. The zero-order valence-electron chi connectivity index (χ0n) is 12.9. The van der Waals surface area contributed by atoms with Crippen LogP contribution in [0.1, 0.15) is 18.7 Å².